The van der Waals surface area contributed by atoms with Gasteiger partial charge in [0.15, 0.2) is 0 Å². The quantitative estimate of drug-likeness (QED) is 0.597. The number of rotatable bonds is 6. The zero-order valence-electron chi connectivity index (χ0n) is 17.9. The second-order valence-electron chi connectivity index (χ2n) is 7.86. The monoisotopic (exact) mass is 407 g/mol. The highest BCUT2D eigenvalue weighted by atomic mass is 16.5. The molecule has 0 spiro atoms. The number of aryl methyl sites for hydroxylation is 1. The highest BCUT2D eigenvalue weighted by Crippen LogP contribution is 2.31. The molecule has 0 amide bonds. The van der Waals surface area contributed by atoms with Crippen LogP contribution in [0.25, 0.3) is 10.9 Å². The summed E-state index contributed by atoms with van der Waals surface area (Å²) in [4.78, 5) is 20.1. The van der Waals surface area contributed by atoms with E-state index in [0.29, 0.717) is 18.6 Å². The minimum Gasteiger partial charge on any atom is -0.497 e. The van der Waals surface area contributed by atoms with Crippen molar-refractivity contribution in [3.05, 3.63) is 58.6 Å². The molecule has 1 saturated heterocycles. The average molecular weight is 408 g/mol. The van der Waals surface area contributed by atoms with E-state index in [-0.39, 0.29) is 11.6 Å². The van der Waals surface area contributed by atoms with E-state index in [1.54, 1.807) is 18.0 Å². The van der Waals surface area contributed by atoms with Gasteiger partial charge in [0, 0.05) is 43.2 Å². The van der Waals surface area contributed by atoms with Crippen molar-refractivity contribution in [2.75, 3.05) is 31.8 Å². The van der Waals surface area contributed by atoms with E-state index in [4.69, 9.17) is 9.47 Å². The summed E-state index contributed by atoms with van der Waals surface area (Å²) in [7, 11) is 1.68. The van der Waals surface area contributed by atoms with Gasteiger partial charge in [-0.25, -0.2) is 4.98 Å². The lowest BCUT2D eigenvalue weighted by atomic mass is 10.1. The molecule has 0 atom stereocenters. The van der Waals surface area contributed by atoms with Gasteiger partial charge in [0.25, 0.3) is 5.56 Å². The molecule has 158 valence electrons. The lowest BCUT2D eigenvalue weighted by Gasteiger charge is -2.26. The Bertz CT molecular complexity index is 1090. The van der Waals surface area contributed by atoms with E-state index in [9.17, 15) is 4.79 Å². The van der Waals surface area contributed by atoms with Crippen LogP contribution in [0.15, 0.2) is 47.5 Å². The van der Waals surface area contributed by atoms with Crippen molar-refractivity contribution < 1.29 is 9.47 Å². The molecule has 2 heterocycles. The van der Waals surface area contributed by atoms with Gasteiger partial charge >= 0.3 is 0 Å². The zero-order chi connectivity index (χ0) is 21.1. The maximum absolute atomic E-state index is 13.3. The van der Waals surface area contributed by atoms with Gasteiger partial charge in [-0.3, -0.25) is 9.36 Å². The van der Waals surface area contributed by atoms with E-state index < -0.39 is 0 Å². The highest BCUT2D eigenvalue weighted by molar-refractivity contribution is 5.83. The van der Waals surface area contributed by atoms with Crippen molar-refractivity contribution in [1.82, 2.24) is 9.55 Å². The second-order valence-corrected chi connectivity index (χ2v) is 7.86. The van der Waals surface area contributed by atoms with Crippen LogP contribution in [-0.4, -0.2) is 36.4 Å². The van der Waals surface area contributed by atoms with Crippen LogP contribution < -0.4 is 15.2 Å². The van der Waals surface area contributed by atoms with E-state index in [0.717, 1.165) is 54.0 Å². The van der Waals surface area contributed by atoms with E-state index in [1.165, 1.54) is 0 Å². The molecule has 1 aliphatic rings. The molecule has 0 saturated carbocycles. The van der Waals surface area contributed by atoms with E-state index in [2.05, 4.69) is 29.8 Å². The first kappa shape index (κ1) is 20.4. The Kier molecular flexibility index (Phi) is 6.04. The van der Waals surface area contributed by atoms with Gasteiger partial charge in [0.05, 0.1) is 24.3 Å². The number of aromatic nitrogens is 2. The van der Waals surface area contributed by atoms with E-state index >= 15 is 0 Å². The molecule has 1 fully saturated rings. The van der Waals surface area contributed by atoms with Crippen molar-refractivity contribution in [2.45, 2.75) is 39.2 Å². The van der Waals surface area contributed by atoms with Crippen molar-refractivity contribution in [2.24, 2.45) is 0 Å². The molecule has 0 aliphatic carbocycles. The number of nitrogens with zero attached hydrogens (tertiary/aromatic N) is 3. The number of hydrogen-bond donors (Lipinski definition) is 0. The summed E-state index contributed by atoms with van der Waals surface area (Å²) in [5, 5.41) is 0.655. The van der Waals surface area contributed by atoms with Gasteiger partial charge in [-0.05, 0) is 62.1 Å². The molecule has 0 radical (unpaired) electrons. The first-order valence-electron chi connectivity index (χ1n) is 10.6. The number of methoxy groups -OCH3 is 1. The van der Waals surface area contributed by atoms with Crippen molar-refractivity contribution in [3.8, 4) is 5.75 Å². The molecule has 2 aromatic carbocycles. The predicted octanol–water partition coefficient (Wildman–Crippen LogP) is 4.61. The first-order chi connectivity index (χ1) is 14.6. The zero-order valence-corrected chi connectivity index (χ0v) is 17.9. The average Bonchev–Trinajstić information content (AvgIpc) is 2.78. The lowest BCUT2D eigenvalue weighted by Crippen LogP contribution is -2.29. The lowest BCUT2D eigenvalue weighted by molar-refractivity contribution is 0.0685. The Morgan fingerprint density at radius 3 is 2.70 bits per heavy atom. The van der Waals surface area contributed by atoms with Crippen LogP contribution in [0.1, 0.15) is 37.8 Å². The number of hydrogen-bond acceptors (Lipinski definition) is 5. The number of benzene rings is 2. The van der Waals surface area contributed by atoms with Crippen LogP contribution in [0, 0.1) is 6.92 Å². The third-order valence-electron chi connectivity index (χ3n) is 5.69. The summed E-state index contributed by atoms with van der Waals surface area (Å²) in [5.74, 6) is 0.829. The van der Waals surface area contributed by atoms with Crippen molar-refractivity contribution in [1.29, 1.82) is 0 Å². The molecule has 30 heavy (non-hydrogen) atoms. The molecular weight excluding hydrogens is 378 g/mol. The summed E-state index contributed by atoms with van der Waals surface area (Å²) in [6, 6.07) is 12.3. The fourth-order valence-electron chi connectivity index (χ4n) is 4.15. The maximum atomic E-state index is 13.3. The smallest absolute Gasteiger partial charge is 0.261 e. The van der Waals surface area contributed by atoms with E-state index in [1.807, 2.05) is 30.3 Å². The molecule has 1 aliphatic heterocycles. The molecule has 6 heteroatoms. The fourth-order valence-corrected chi connectivity index (χ4v) is 4.15. The maximum Gasteiger partial charge on any atom is 0.261 e. The predicted molar refractivity (Wildman–Crippen MR) is 120 cm³/mol. The molecule has 0 bridgehead atoms. The Balaban J connectivity index is 1.79. The summed E-state index contributed by atoms with van der Waals surface area (Å²) in [5.41, 5.74) is 3.93. The Morgan fingerprint density at radius 2 is 1.97 bits per heavy atom. The van der Waals surface area contributed by atoms with Gasteiger partial charge in [0.1, 0.15) is 5.75 Å². The van der Waals surface area contributed by atoms with Gasteiger partial charge in [0.2, 0.25) is 0 Å². The van der Waals surface area contributed by atoms with Crippen LogP contribution in [0.3, 0.4) is 0 Å². The van der Waals surface area contributed by atoms with Crippen LogP contribution in [-0.2, 0) is 4.74 Å². The standard InChI is InChI=1S/C24H29N3O3/c1-4-9-26(20-12-17(2)13-21(14-20)29-3)19-5-6-23-22(15-19)24(28)27(16-25-23)18-7-10-30-11-8-18/h5-6,12-16,18H,4,7-11H2,1-3H3. The topological polar surface area (TPSA) is 56.6 Å². The molecule has 3 aromatic rings. The first-order valence-corrected chi connectivity index (χ1v) is 10.6. The minimum absolute atomic E-state index is 0.0204. The summed E-state index contributed by atoms with van der Waals surface area (Å²) in [6.07, 6.45) is 4.36. The molecular formula is C24H29N3O3. The third kappa shape index (κ3) is 4.05. The summed E-state index contributed by atoms with van der Waals surface area (Å²) < 4.78 is 12.7. The normalized spacial score (nSPS) is 14.8. The molecule has 4 rings (SSSR count). The van der Waals surface area contributed by atoms with Crippen molar-refractivity contribution in [3.63, 3.8) is 0 Å². The van der Waals surface area contributed by atoms with Crippen LogP contribution in [0.5, 0.6) is 5.75 Å². The van der Waals surface area contributed by atoms with Gasteiger partial charge in [-0.15, -0.1) is 0 Å². The minimum atomic E-state index is 0.0204. The molecule has 1 aromatic heterocycles. The molecule has 0 N–H and O–H groups in total. The Hall–Kier alpha value is -2.86. The Morgan fingerprint density at radius 1 is 1.17 bits per heavy atom. The van der Waals surface area contributed by atoms with Crippen molar-refractivity contribution >= 4 is 22.3 Å². The fraction of sp³-hybridized carbons (Fsp3) is 0.417. The SMILES string of the molecule is CCCN(c1cc(C)cc(OC)c1)c1ccc2ncn(C3CCOCC3)c(=O)c2c1. The van der Waals surface area contributed by atoms with Crippen LogP contribution in [0.4, 0.5) is 11.4 Å². The van der Waals surface area contributed by atoms with Gasteiger partial charge in [-0.2, -0.15) is 0 Å². The number of ether oxygens (including phenoxy) is 2. The summed E-state index contributed by atoms with van der Waals surface area (Å²) in [6.45, 7) is 6.43. The highest BCUT2D eigenvalue weighted by Gasteiger charge is 2.19. The van der Waals surface area contributed by atoms with Gasteiger partial charge < -0.3 is 14.4 Å². The number of fused-ring (bicyclic) bond motifs is 1. The second kappa shape index (κ2) is 8.88. The van der Waals surface area contributed by atoms with Gasteiger partial charge in [-0.1, -0.05) is 6.92 Å². The summed E-state index contributed by atoms with van der Waals surface area (Å²) >= 11 is 0. The third-order valence-corrected chi connectivity index (χ3v) is 5.69. The van der Waals surface area contributed by atoms with Crippen LogP contribution >= 0.6 is 0 Å². The number of anilines is 2. The largest absolute Gasteiger partial charge is 0.497 e. The molecule has 0 unspecified atom stereocenters. The molecule has 6 nitrogen and oxygen atoms in total. The van der Waals surface area contributed by atoms with Crippen LogP contribution in [0.2, 0.25) is 0 Å². The Labute approximate surface area is 177 Å².